The van der Waals surface area contributed by atoms with Gasteiger partial charge in [-0.2, -0.15) is 0 Å². The van der Waals surface area contributed by atoms with Gasteiger partial charge in [-0.15, -0.1) is 0 Å². The van der Waals surface area contributed by atoms with Crippen molar-refractivity contribution in [3.8, 4) is 0 Å². The van der Waals surface area contributed by atoms with Crippen LogP contribution < -0.4 is 11.1 Å². The normalized spacial score (nSPS) is 11.9. The summed E-state index contributed by atoms with van der Waals surface area (Å²) in [7, 11) is 0. The number of hydrogen-bond acceptors (Lipinski definition) is 2. The first-order chi connectivity index (χ1) is 8.47. The third kappa shape index (κ3) is 3.78. The van der Waals surface area contributed by atoms with Gasteiger partial charge in [-0.1, -0.05) is 47.6 Å². The molecule has 0 spiro atoms. The fourth-order valence-electron chi connectivity index (χ4n) is 1.66. The van der Waals surface area contributed by atoms with Crippen molar-refractivity contribution < 1.29 is 4.79 Å². The first-order valence-electron chi connectivity index (χ1n) is 5.82. The molecular formula is C13H17BrN2OS. The van der Waals surface area contributed by atoms with Gasteiger partial charge in [-0.25, -0.2) is 0 Å². The van der Waals surface area contributed by atoms with Gasteiger partial charge < -0.3 is 11.1 Å². The number of amides is 1. The minimum absolute atomic E-state index is 0.139. The third-order valence-corrected chi connectivity index (χ3v) is 3.88. The highest BCUT2D eigenvalue weighted by Gasteiger charge is 2.17. The lowest BCUT2D eigenvalue weighted by Gasteiger charge is -2.17. The Morgan fingerprint density at radius 3 is 2.78 bits per heavy atom. The van der Waals surface area contributed by atoms with Gasteiger partial charge in [0.15, 0.2) is 0 Å². The highest BCUT2D eigenvalue weighted by Crippen LogP contribution is 2.19. The monoisotopic (exact) mass is 328 g/mol. The van der Waals surface area contributed by atoms with Crippen LogP contribution in [0.4, 0.5) is 0 Å². The van der Waals surface area contributed by atoms with Crippen LogP contribution in [-0.2, 0) is 0 Å². The van der Waals surface area contributed by atoms with Crippen LogP contribution in [0.5, 0.6) is 0 Å². The molecule has 98 valence electrons. The summed E-state index contributed by atoms with van der Waals surface area (Å²) in [5.74, 6) is -0.139. The quantitative estimate of drug-likeness (QED) is 0.817. The van der Waals surface area contributed by atoms with E-state index in [0.717, 1.165) is 22.9 Å². The fraction of sp³-hybridized carbons (Fsp3) is 0.385. The van der Waals surface area contributed by atoms with Crippen molar-refractivity contribution in [2.75, 3.05) is 0 Å². The molecular weight excluding hydrogens is 312 g/mol. The summed E-state index contributed by atoms with van der Waals surface area (Å²) in [6, 6.07) is 5.29. The average molecular weight is 329 g/mol. The smallest absolute Gasteiger partial charge is 0.252 e. The van der Waals surface area contributed by atoms with Gasteiger partial charge in [-0.3, -0.25) is 4.79 Å². The molecule has 0 aliphatic rings. The van der Waals surface area contributed by atoms with Crippen molar-refractivity contribution in [3.05, 3.63) is 33.8 Å². The zero-order valence-electron chi connectivity index (χ0n) is 10.5. The second-order valence-electron chi connectivity index (χ2n) is 4.13. The maximum absolute atomic E-state index is 12.2. The minimum atomic E-state index is -0.240. The van der Waals surface area contributed by atoms with Crippen LogP contribution in [0.15, 0.2) is 22.7 Å². The lowest BCUT2D eigenvalue weighted by Crippen LogP contribution is -2.43. The molecule has 1 atom stereocenters. The molecule has 1 rings (SSSR count). The van der Waals surface area contributed by atoms with Crippen LogP contribution in [0.2, 0.25) is 0 Å². The zero-order valence-corrected chi connectivity index (χ0v) is 12.9. The number of benzene rings is 1. The van der Waals surface area contributed by atoms with Gasteiger partial charge in [-0.05, 0) is 31.0 Å². The van der Waals surface area contributed by atoms with E-state index in [4.69, 9.17) is 18.0 Å². The number of nitrogens with one attached hydrogen (secondary N) is 1. The van der Waals surface area contributed by atoms with Crippen LogP contribution in [0.3, 0.4) is 0 Å². The Morgan fingerprint density at radius 2 is 2.22 bits per heavy atom. The molecule has 1 aromatic rings. The van der Waals surface area contributed by atoms with Crippen LogP contribution >= 0.6 is 28.1 Å². The van der Waals surface area contributed by atoms with Crippen LogP contribution in [0.25, 0.3) is 0 Å². The number of carbonyl (C=O) groups excluding carboxylic acids is 1. The van der Waals surface area contributed by atoms with Crippen molar-refractivity contribution in [2.45, 2.75) is 32.7 Å². The van der Waals surface area contributed by atoms with Gasteiger partial charge in [0.25, 0.3) is 5.91 Å². The number of thiocarbonyl (C=S) groups is 1. The Morgan fingerprint density at radius 1 is 1.56 bits per heavy atom. The van der Waals surface area contributed by atoms with Crippen molar-refractivity contribution >= 4 is 39.0 Å². The van der Waals surface area contributed by atoms with E-state index < -0.39 is 0 Å². The Hall–Kier alpha value is -0.940. The van der Waals surface area contributed by atoms with E-state index in [9.17, 15) is 4.79 Å². The Balaban J connectivity index is 2.87. The molecule has 0 aliphatic carbocycles. The summed E-state index contributed by atoms with van der Waals surface area (Å²) < 4.78 is 0.914. The predicted molar refractivity (Wildman–Crippen MR) is 81.8 cm³/mol. The van der Waals surface area contributed by atoms with Crippen molar-refractivity contribution in [1.82, 2.24) is 5.32 Å². The van der Waals surface area contributed by atoms with Crippen LogP contribution in [0.1, 0.15) is 35.7 Å². The zero-order chi connectivity index (χ0) is 13.7. The Kier molecular flexibility index (Phi) is 5.75. The summed E-state index contributed by atoms with van der Waals surface area (Å²) in [5.41, 5.74) is 7.18. The molecule has 1 unspecified atom stereocenters. The molecule has 0 saturated heterocycles. The van der Waals surface area contributed by atoms with Gasteiger partial charge in [0.05, 0.1) is 11.0 Å². The van der Waals surface area contributed by atoms with Gasteiger partial charge in [0, 0.05) is 10.0 Å². The molecule has 3 N–H and O–H groups in total. The second kappa shape index (κ2) is 6.85. The SMILES string of the molecule is CCCC(NC(=O)c1cccc(Br)c1C)C(N)=S. The molecule has 18 heavy (non-hydrogen) atoms. The molecule has 1 aromatic carbocycles. The van der Waals surface area contributed by atoms with Gasteiger partial charge >= 0.3 is 0 Å². The first kappa shape index (κ1) is 15.1. The Labute approximate surface area is 121 Å². The molecule has 3 nitrogen and oxygen atoms in total. The molecule has 0 fully saturated rings. The molecule has 0 saturated carbocycles. The fourth-order valence-corrected chi connectivity index (χ4v) is 2.21. The molecule has 5 heteroatoms. The Bertz CT molecular complexity index is 462. The van der Waals surface area contributed by atoms with Gasteiger partial charge in [0.2, 0.25) is 0 Å². The number of carbonyl (C=O) groups is 1. The van der Waals surface area contributed by atoms with Crippen LogP contribution in [0, 0.1) is 6.92 Å². The van der Waals surface area contributed by atoms with E-state index in [2.05, 4.69) is 21.2 Å². The third-order valence-electron chi connectivity index (χ3n) is 2.74. The summed E-state index contributed by atoms with van der Waals surface area (Å²) >= 11 is 8.37. The van der Waals surface area contributed by atoms with E-state index in [1.165, 1.54) is 0 Å². The van der Waals surface area contributed by atoms with E-state index >= 15 is 0 Å². The first-order valence-corrected chi connectivity index (χ1v) is 7.02. The van der Waals surface area contributed by atoms with Crippen LogP contribution in [-0.4, -0.2) is 16.9 Å². The molecule has 0 radical (unpaired) electrons. The summed E-state index contributed by atoms with van der Waals surface area (Å²) in [6.45, 7) is 3.93. The highest BCUT2D eigenvalue weighted by molar-refractivity contribution is 9.10. The van der Waals surface area contributed by atoms with E-state index in [1.54, 1.807) is 6.07 Å². The van der Waals surface area contributed by atoms with Gasteiger partial charge in [0.1, 0.15) is 0 Å². The summed E-state index contributed by atoms with van der Waals surface area (Å²) in [5, 5.41) is 2.88. The molecule has 0 aliphatic heterocycles. The molecule has 1 amide bonds. The second-order valence-corrected chi connectivity index (χ2v) is 5.46. The standard InChI is InChI=1S/C13H17BrN2OS/c1-3-5-11(12(15)18)16-13(17)9-6-4-7-10(14)8(9)2/h4,6-7,11H,3,5H2,1-2H3,(H2,15,18)(H,16,17). The lowest BCUT2D eigenvalue weighted by atomic mass is 10.1. The average Bonchev–Trinajstić information content (AvgIpc) is 2.31. The molecule has 0 aromatic heterocycles. The predicted octanol–water partition coefficient (Wildman–Crippen LogP) is 2.94. The number of halogens is 1. The molecule has 0 bridgehead atoms. The van der Waals surface area contributed by atoms with Crippen molar-refractivity contribution in [3.63, 3.8) is 0 Å². The van der Waals surface area contributed by atoms with Crippen molar-refractivity contribution in [2.24, 2.45) is 5.73 Å². The maximum Gasteiger partial charge on any atom is 0.252 e. The van der Waals surface area contributed by atoms with E-state index in [-0.39, 0.29) is 11.9 Å². The van der Waals surface area contributed by atoms with E-state index in [0.29, 0.717) is 10.6 Å². The number of hydrogen-bond donors (Lipinski definition) is 2. The summed E-state index contributed by atoms with van der Waals surface area (Å²) in [6.07, 6.45) is 1.67. The van der Waals surface area contributed by atoms with E-state index in [1.807, 2.05) is 26.0 Å². The maximum atomic E-state index is 12.2. The largest absolute Gasteiger partial charge is 0.392 e. The minimum Gasteiger partial charge on any atom is -0.392 e. The number of nitrogens with two attached hydrogens (primary N) is 1. The lowest BCUT2D eigenvalue weighted by molar-refractivity contribution is 0.0945. The van der Waals surface area contributed by atoms with Crippen molar-refractivity contribution in [1.29, 1.82) is 0 Å². The number of rotatable bonds is 5. The summed E-state index contributed by atoms with van der Waals surface area (Å²) in [4.78, 5) is 12.5. The molecule has 0 heterocycles. The topological polar surface area (TPSA) is 55.1 Å². The highest BCUT2D eigenvalue weighted by atomic mass is 79.9.